The number of ether oxygens (including phenoxy) is 1. The van der Waals surface area contributed by atoms with Gasteiger partial charge < -0.3 is 15.0 Å². The molecule has 3 rings (SSSR count). The van der Waals surface area contributed by atoms with Crippen molar-refractivity contribution < 1.29 is 19.1 Å². The predicted molar refractivity (Wildman–Crippen MR) is 95.6 cm³/mol. The second kappa shape index (κ2) is 7.27. The van der Waals surface area contributed by atoms with Gasteiger partial charge in [-0.05, 0) is 38.8 Å². The van der Waals surface area contributed by atoms with Crippen LogP contribution in [-0.2, 0) is 9.59 Å². The number of nitrogens with one attached hydrogen (secondary N) is 2. The third kappa shape index (κ3) is 3.58. The third-order valence-corrected chi connectivity index (χ3v) is 5.28. The minimum Gasteiger partial charge on any atom is -0.480 e. The second-order valence-corrected chi connectivity index (χ2v) is 7.10. The van der Waals surface area contributed by atoms with Crippen molar-refractivity contribution in [3.8, 4) is 11.8 Å². The van der Waals surface area contributed by atoms with Crippen molar-refractivity contribution >= 4 is 17.8 Å². The van der Waals surface area contributed by atoms with Crippen LogP contribution in [-0.4, -0.2) is 47.5 Å². The Hall–Kier alpha value is -3.08. The summed E-state index contributed by atoms with van der Waals surface area (Å²) in [6, 6.07) is 8.30. The van der Waals surface area contributed by atoms with E-state index in [4.69, 9.17) is 10.00 Å². The fourth-order valence-corrected chi connectivity index (χ4v) is 3.65. The molecular weight excluding hydrogens is 348 g/mol. The van der Waals surface area contributed by atoms with E-state index in [1.54, 1.807) is 43.0 Å². The number of benzene rings is 1. The van der Waals surface area contributed by atoms with Gasteiger partial charge in [-0.15, -0.1) is 0 Å². The standard InChI is InChI=1S/C19H22N4O4/c1-12(27-15-8-4-3-6-13(15)10-20)16(24)23-9-5-7-14(11-23)19(2)17(25)21-18(26)22-19/h3-4,6,8,12,14H,5,7,9,11H2,1-2H3,(H2,21,22,25,26)/t12-,14-,19-/m0/s1. The second-order valence-electron chi connectivity index (χ2n) is 7.10. The summed E-state index contributed by atoms with van der Waals surface area (Å²) in [7, 11) is 0. The zero-order valence-electron chi connectivity index (χ0n) is 15.3. The Labute approximate surface area is 157 Å². The van der Waals surface area contributed by atoms with Crippen LogP contribution in [0.25, 0.3) is 0 Å². The van der Waals surface area contributed by atoms with Gasteiger partial charge in [-0.2, -0.15) is 5.26 Å². The van der Waals surface area contributed by atoms with Gasteiger partial charge in [0.1, 0.15) is 17.4 Å². The first-order valence-corrected chi connectivity index (χ1v) is 8.93. The highest BCUT2D eigenvalue weighted by Gasteiger charge is 2.49. The number of nitriles is 1. The van der Waals surface area contributed by atoms with Crippen molar-refractivity contribution in [1.29, 1.82) is 5.26 Å². The molecule has 0 unspecified atom stereocenters. The Balaban J connectivity index is 1.69. The molecule has 0 radical (unpaired) electrons. The first-order chi connectivity index (χ1) is 12.8. The number of hydrogen-bond donors (Lipinski definition) is 2. The van der Waals surface area contributed by atoms with Crippen molar-refractivity contribution in [2.45, 2.75) is 38.3 Å². The van der Waals surface area contributed by atoms with E-state index in [0.29, 0.717) is 24.4 Å². The molecule has 3 atom stereocenters. The highest BCUT2D eigenvalue weighted by Crippen LogP contribution is 2.30. The number of carbonyl (C=O) groups is 3. The van der Waals surface area contributed by atoms with Crippen molar-refractivity contribution in [1.82, 2.24) is 15.5 Å². The minimum absolute atomic E-state index is 0.180. The highest BCUT2D eigenvalue weighted by atomic mass is 16.5. The van der Waals surface area contributed by atoms with E-state index < -0.39 is 17.7 Å². The number of piperidine rings is 1. The molecule has 142 valence electrons. The summed E-state index contributed by atoms with van der Waals surface area (Å²) in [6.07, 6.45) is 0.704. The average molecular weight is 370 g/mol. The van der Waals surface area contributed by atoms with Crippen molar-refractivity contribution in [2.75, 3.05) is 13.1 Å². The van der Waals surface area contributed by atoms with Gasteiger partial charge in [-0.3, -0.25) is 14.9 Å². The first-order valence-electron chi connectivity index (χ1n) is 8.93. The lowest BCUT2D eigenvalue weighted by molar-refractivity contribution is -0.141. The van der Waals surface area contributed by atoms with Crippen LogP contribution in [0.15, 0.2) is 24.3 Å². The van der Waals surface area contributed by atoms with Crippen molar-refractivity contribution in [3.63, 3.8) is 0 Å². The Bertz CT molecular complexity index is 818. The number of imide groups is 1. The van der Waals surface area contributed by atoms with Crippen molar-refractivity contribution in [3.05, 3.63) is 29.8 Å². The Kier molecular flexibility index (Phi) is 5.04. The Morgan fingerprint density at radius 3 is 2.81 bits per heavy atom. The normalized spacial score (nSPS) is 26.0. The van der Waals surface area contributed by atoms with Crippen LogP contribution < -0.4 is 15.4 Å². The van der Waals surface area contributed by atoms with Gasteiger partial charge in [-0.25, -0.2) is 4.79 Å². The van der Waals surface area contributed by atoms with Crippen LogP contribution >= 0.6 is 0 Å². The number of hydrogen-bond acceptors (Lipinski definition) is 5. The number of para-hydroxylation sites is 1. The lowest BCUT2D eigenvalue weighted by Crippen LogP contribution is -2.57. The SMILES string of the molecule is C[C@H](Oc1ccccc1C#N)C(=O)N1CCC[C@H]([C@]2(C)NC(=O)NC2=O)C1. The molecule has 2 aliphatic rings. The van der Waals surface area contributed by atoms with E-state index in [1.165, 1.54) is 0 Å². The molecule has 2 saturated heterocycles. The maximum Gasteiger partial charge on any atom is 0.322 e. The monoisotopic (exact) mass is 370 g/mol. The van der Waals surface area contributed by atoms with Crippen LogP contribution in [0, 0.1) is 17.2 Å². The average Bonchev–Trinajstić information content (AvgIpc) is 2.94. The molecule has 2 fully saturated rings. The van der Waals surface area contributed by atoms with E-state index in [0.717, 1.165) is 12.8 Å². The fourth-order valence-electron chi connectivity index (χ4n) is 3.65. The van der Waals surface area contributed by atoms with E-state index >= 15 is 0 Å². The summed E-state index contributed by atoms with van der Waals surface area (Å²) in [5.74, 6) is -0.385. The molecule has 0 spiro atoms. The number of amides is 4. The zero-order valence-corrected chi connectivity index (χ0v) is 15.3. The van der Waals surface area contributed by atoms with Crippen LogP contribution in [0.4, 0.5) is 4.79 Å². The van der Waals surface area contributed by atoms with E-state index in [1.807, 2.05) is 6.07 Å². The molecule has 0 saturated carbocycles. The summed E-state index contributed by atoms with van der Waals surface area (Å²) >= 11 is 0. The zero-order chi connectivity index (χ0) is 19.6. The Morgan fingerprint density at radius 1 is 1.41 bits per heavy atom. The molecule has 4 amide bonds. The molecule has 0 bridgehead atoms. The van der Waals surface area contributed by atoms with E-state index in [-0.39, 0.29) is 17.7 Å². The molecule has 1 aromatic carbocycles. The molecule has 8 heteroatoms. The van der Waals surface area contributed by atoms with Crippen LogP contribution in [0.1, 0.15) is 32.3 Å². The van der Waals surface area contributed by atoms with Gasteiger partial charge in [0.25, 0.3) is 11.8 Å². The summed E-state index contributed by atoms with van der Waals surface area (Å²) in [6.45, 7) is 4.26. The summed E-state index contributed by atoms with van der Waals surface area (Å²) in [4.78, 5) is 38.2. The van der Waals surface area contributed by atoms with Gasteiger partial charge in [0.2, 0.25) is 0 Å². The van der Waals surface area contributed by atoms with Crippen LogP contribution in [0.2, 0.25) is 0 Å². The number of rotatable bonds is 4. The van der Waals surface area contributed by atoms with Crippen LogP contribution in [0.5, 0.6) is 5.75 Å². The quantitative estimate of drug-likeness (QED) is 0.773. The van der Waals surface area contributed by atoms with E-state index in [2.05, 4.69) is 10.6 Å². The van der Waals surface area contributed by atoms with Crippen LogP contribution in [0.3, 0.4) is 0 Å². The fraction of sp³-hybridized carbons (Fsp3) is 0.474. The third-order valence-electron chi connectivity index (χ3n) is 5.28. The molecular formula is C19H22N4O4. The highest BCUT2D eigenvalue weighted by molar-refractivity contribution is 6.07. The summed E-state index contributed by atoms with van der Waals surface area (Å²) in [5.41, 5.74) is -0.653. The topological polar surface area (TPSA) is 112 Å². The molecule has 0 aliphatic carbocycles. The number of nitrogens with zero attached hydrogens (tertiary/aromatic N) is 2. The molecule has 0 aromatic heterocycles. The smallest absolute Gasteiger partial charge is 0.322 e. The van der Waals surface area contributed by atoms with Gasteiger partial charge in [0, 0.05) is 19.0 Å². The van der Waals surface area contributed by atoms with E-state index in [9.17, 15) is 14.4 Å². The number of urea groups is 1. The predicted octanol–water partition coefficient (Wildman–Crippen LogP) is 1.16. The molecule has 1 aromatic rings. The molecule has 2 aliphatic heterocycles. The number of likely N-dealkylation sites (tertiary alicyclic amines) is 1. The first kappa shape index (κ1) is 18.7. The van der Waals surface area contributed by atoms with Crippen molar-refractivity contribution in [2.24, 2.45) is 5.92 Å². The van der Waals surface area contributed by atoms with Gasteiger partial charge >= 0.3 is 6.03 Å². The lowest BCUT2D eigenvalue weighted by Gasteiger charge is -2.40. The molecule has 2 heterocycles. The van der Waals surface area contributed by atoms with Gasteiger partial charge in [-0.1, -0.05) is 12.1 Å². The van der Waals surface area contributed by atoms with Gasteiger partial charge in [0.05, 0.1) is 5.56 Å². The molecule has 27 heavy (non-hydrogen) atoms. The lowest BCUT2D eigenvalue weighted by atomic mass is 9.80. The largest absolute Gasteiger partial charge is 0.480 e. The summed E-state index contributed by atoms with van der Waals surface area (Å²) < 4.78 is 5.71. The number of carbonyl (C=O) groups excluding carboxylic acids is 3. The molecule has 2 N–H and O–H groups in total. The molecule has 8 nitrogen and oxygen atoms in total. The summed E-state index contributed by atoms with van der Waals surface area (Å²) in [5, 5.41) is 14.1. The Morgan fingerprint density at radius 2 is 2.15 bits per heavy atom. The minimum atomic E-state index is -1.02. The maximum atomic E-state index is 12.8. The maximum absolute atomic E-state index is 12.8. The van der Waals surface area contributed by atoms with Gasteiger partial charge in [0.15, 0.2) is 6.10 Å².